The van der Waals surface area contributed by atoms with Crippen LogP contribution in [0.5, 0.6) is 0 Å². The summed E-state index contributed by atoms with van der Waals surface area (Å²) in [6.45, 7) is 0. The molecule has 0 aromatic heterocycles. The van der Waals surface area contributed by atoms with Gasteiger partial charge in [0.05, 0.1) is 0 Å². The van der Waals surface area contributed by atoms with Crippen molar-refractivity contribution in [2.24, 2.45) is 0 Å². The normalized spacial score (nSPS) is 11.6. The molecule has 2 aliphatic carbocycles. The lowest BCUT2D eigenvalue weighted by Gasteiger charge is -1.54. The lowest BCUT2D eigenvalue weighted by molar-refractivity contribution is 0.665. The largest absolute Gasteiger partial charge is 0.206 e. The van der Waals surface area contributed by atoms with Crippen molar-refractivity contribution < 1.29 is 4.39 Å². The van der Waals surface area contributed by atoms with E-state index in [0.29, 0.717) is 0 Å². The van der Waals surface area contributed by atoms with Crippen LogP contribution in [-0.4, -0.2) is 0 Å². The van der Waals surface area contributed by atoms with Crippen LogP contribution < -0.4 is 0 Å². The summed E-state index contributed by atoms with van der Waals surface area (Å²) >= 11 is 0. The predicted molar refractivity (Wildman–Crippen MR) is 25.4 cm³/mol. The summed E-state index contributed by atoms with van der Waals surface area (Å²) in [7, 11) is 0. The van der Waals surface area contributed by atoms with Crippen molar-refractivity contribution in [1.29, 1.82) is 0 Å². The first-order chi connectivity index (χ1) is 3.39. The van der Waals surface area contributed by atoms with Gasteiger partial charge >= 0.3 is 0 Å². The Morgan fingerprint density at radius 1 is 1.14 bits per heavy atom. The first-order valence-electron chi connectivity index (χ1n) is 2.18. The molecule has 0 saturated heterocycles. The third-order valence-electron chi connectivity index (χ3n) is 1.23. The van der Waals surface area contributed by atoms with Gasteiger partial charge in [0.25, 0.3) is 0 Å². The second-order valence-corrected chi connectivity index (χ2v) is 1.67. The Balaban J connectivity index is 2.78. The van der Waals surface area contributed by atoms with E-state index in [2.05, 4.69) is 0 Å². The lowest BCUT2D eigenvalue weighted by atomic mass is 10.6. The van der Waals surface area contributed by atoms with Crippen molar-refractivity contribution in [2.45, 2.75) is 0 Å². The van der Waals surface area contributed by atoms with E-state index in [9.17, 15) is 4.39 Å². The van der Waals surface area contributed by atoms with E-state index in [1.54, 1.807) is 12.1 Å². The molecule has 0 aliphatic heterocycles. The lowest BCUT2D eigenvalue weighted by Crippen LogP contribution is -1.37. The maximum Gasteiger partial charge on any atom is 0.139 e. The molecule has 2 rings (SSSR count). The highest BCUT2D eigenvalue weighted by molar-refractivity contribution is 5.82. The Bertz CT molecular complexity index is 195. The van der Waals surface area contributed by atoms with Gasteiger partial charge < -0.3 is 0 Å². The molecule has 0 heterocycles. The second kappa shape index (κ2) is 0.713. The smallest absolute Gasteiger partial charge is 0.139 e. The molecule has 0 saturated carbocycles. The summed E-state index contributed by atoms with van der Waals surface area (Å²) in [5, 5.41) is 0. The quantitative estimate of drug-likeness (QED) is 0.467. The third kappa shape index (κ3) is 0.223. The molecule has 2 aliphatic rings. The molecule has 7 heavy (non-hydrogen) atoms. The number of rotatable bonds is 0. The Kier molecular flexibility index (Phi) is 0.325. The summed E-state index contributed by atoms with van der Waals surface area (Å²) in [6.07, 6.45) is 0. The van der Waals surface area contributed by atoms with Crippen LogP contribution in [0, 0.1) is 5.82 Å². The SMILES string of the molecule is Fc1c2cccc1-2. The molecule has 0 unspecified atom stereocenters. The second-order valence-electron chi connectivity index (χ2n) is 1.67. The van der Waals surface area contributed by atoms with Crippen LogP contribution in [0.25, 0.3) is 11.1 Å². The van der Waals surface area contributed by atoms with E-state index < -0.39 is 0 Å². The molecule has 0 aromatic rings. The first kappa shape index (κ1) is 3.19. The van der Waals surface area contributed by atoms with E-state index in [-0.39, 0.29) is 5.82 Å². The van der Waals surface area contributed by atoms with E-state index in [4.69, 9.17) is 0 Å². The zero-order valence-corrected chi connectivity index (χ0v) is 3.61. The molecule has 0 bridgehead atoms. The minimum atomic E-state index is -0.0116. The van der Waals surface area contributed by atoms with E-state index in [0.717, 1.165) is 11.1 Å². The van der Waals surface area contributed by atoms with Crippen LogP contribution in [0.2, 0.25) is 0 Å². The van der Waals surface area contributed by atoms with Crippen molar-refractivity contribution in [1.82, 2.24) is 0 Å². The maximum absolute atomic E-state index is 12.0. The monoisotopic (exact) mass is 94.0 g/mol. The van der Waals surface area contributed by atoms with E-state index in [1.165, 1.54) is 0 Å². The zero-order valence-electron chi connectivity index (χ0n) is 3.61. The molecule has 0 N–H and O–H groups in total. The van der Waals surface area contributed by atoms with Crippen LogP contribution in [-0.2, 0) is 0 Å². The highest BCUT2D eigenvalue weighted by atomic mass is 19.1. The highest BCUT2D eigenvalue weighted by Gasteiger charge is 2.22. The van der Waals surface area contributed by atoms with Gasteiger partial charge in [-0.3, -0.25) is 0 Å². The highest BCUT2D eigenvalue weighted by Crippen LogP contribution is 2.39. The zero-order chi connectivity index (χ0) is 4.85. The van der Waals surface area contributed by atoms with Crippen LogP contribution in [0.3, 0.4) is 0 Å². The van der Waals surface area contributed by atoms with Gasteiger partial charge in [0.1, 0.15) is 5.82 Å². The average Bonchev–Trinajstić information content (AvgIpc) is 2.26. The first-order valence-corrected chi connectivity index (χ1v) is 2.18. The fourth-order valence-corrected chi connectivity index (χ4v) is 0.758. The average molecular weight is 94.1 g/mol. The number of fused-ring (bicyclic) bond motifs is 1. The summed E-state index contributed by atoms with van der Waals surface area (Å²) in [4.78, 5) is 0. The minimum Gasteiger partial charge on any atom is -0.206 e. The topological polar surface area (TPSA) is 0 Å². The Morgan fingerprint density at radius 3 is 2.00 bits per heavy atom. The van der Waals surface area contributed by atoms with Crippen molar-refractivity contribution in [3.8, 4) is 11.1 Å². The maximum atomic E-state index is 12.0. The number of benzene rings is 1. The number of halogens is 1. The minimum absolute atomic E-state index is 0.0116. The molecule has 0 nitrogen and oxygen atoms in total. The molecule has 0 atom stereocenters. The fraction of sp³-hybridized carbons (Fsp3) is 0. The van der Waals surface area contributed by atoms with Crippen molar-refractivity contribution in [3.05, 3.63) is 24.0 Å². The molecule has 1 heteroatoms. The van der Waals surface area contributed by atoms with Crippen LogP contribution >= 0.6 is 0 Å². The van der Waals surface area contributed by atoms with Crippen molar-refractivity contribution in [3.63, 3.8) is 0 Å². The van der Waals surface area contributed by atoms with Crippen molar-refractivity contribution in [2.75, 3.05) is 0 Å². The van der Waals surface area contributed by atoms with Gasteiger partial charge in [-0.05, 0) is 0 Å². The van der Waals surface area contributed by atoms with Gasteiger partial charge in [0.15, 0.2) is 0 Å². The molecule has 0 fully saturated rings. The van der Waals surface area contributed by atoms with Gasteiger partial charge in [-0.2, -0.15) is 0 Å². The number of hydrogen-bond donors (Lipinski definition) is 0. The van der Waals surface area contributed by atoms with Crippen LogP contribution in [0.15, 0.2) is 18.2 Å². The van der Waals surface area contributed by atoms with E-state index >= 15 is 0 Å². The molecule has 0 spiro atoms. The summed E-state index contributed by atoms with van der Waals surface area (Å²) < 4.78 is 12.0. The van der Waals surface area contributed by atoms with Crippen molar-refractivity contribution >= 4 is 0 Å². The molecule has 0 aromatic carbocycles. The third-order valence-corrected chi connectivity index (χ3v) is 1.23. The molecule has 0 amide bonds. The van der Waals surface area contributed by atoms with Gasteiger partial charge in [-0.25, -0.2) is 4.39 Å². The fourth-order valence-electron chi connectivity index (χ4n) is 0.758. The Morgan fingerprint density at radius 2 is 1.71 bits per heavy atom. The number of hydrogen-bond acceptors (Lipinski definition) is 0. The van der Waals surface area contributed by atoms with Crippen LogP contribution in [0.1, 0.15) is 0 Å². The molecular formula is C6H3F. The van der Waals surface area contributed by atoms with E-state index in [1.807, 2.05) is 6.07 Å². The van der Waals surface area contributed by atoms with Gasteiger partial charge in [-0.1, -0.05) is 18.2 Å². The summed E-state index contributed by atoms with van der Waals surface area (Å²) in [5.74, 6) is -0.0116. The Labute approximate surface area is 40.6 Å². The molecule has 0 radical (unpaired) electrons. The Hall–Kier alpha value is -0.850. The summed E-state index contributed by atoms with van der Waals surface area (Å²) in [5.41, 5.74) is 1.61. The summed E-state index contributed by atoms with van der Waals surface area (Å²) in [6, 6.07) is 5.42. The predicted octanol–water partition coefficient (Wildman–Crippen LogP) is 1.81. The van der Waals surface area contributed by atoms with Crippen LogP contribution in [0.4, 0.5) is 4.39 Å². The molecular weight excluding hydrogens is 91.1 g/mol. The van der Waals surface area contributed by atoms with Gasteiger partial charge in [0, 0.05) is 11.1 Å². The molecule has 34 valence electrons. The van der Waals surface area contributed by atoms with Gasteiger partial charge in [-0.15, -0.1) is 0 Å². The van der Waals surface area contributed by atoms with Gasteiger partial charge in [0.2, 0.25) is 0 Å². The standard InChI is InChI=1S/C6H3F/c7-6-4-2-1-3-5(4)6/h1-3H.